The Kier molecular flexibility index (Phi) is 4.83. The molecule has 0 radical (unpaired) electrons. The van der Waals surface area contributed by atoms with Crippen LogP contribution in [-0.4, -0.2) is 38.5 Å². The number of ether oxygens (including phenoxy) is 2. The summed E-state index contributed by atoms with van der Waals surface area (Å²) in [5.41, 5.74) is 0.0906. The summed E-state index contributed by atoms with van der Waals surface area (Å²) < 4.78 is 11.6. The molecule has 3 heteroatoms. The van der Waals surface area contributed by atoms with Gasteiger partial charge in [-0.15, -0.1) is 0 Å². The van der Waals surface area contributed by atoms with Crippen LogP contribution in [0.1, 0.15) is 51.4 Å². The lowest BCUT2D eigenvalue weighted by atomic mass is 9.88. The first-order chi connectivity index (χ1) is 8.30. The van der Waals surface area contributed by atoms with Gasteiger partial charge in [-0.1, -0.05) is 12.8 Å². The van der Waals surface area contributed by atoms with E-state index in [1.807, 2.05) is 7.11 Å². The van der Waals surface area contributed by atoms with Crippen molar-refractivity contribution in [2.45, 2.75) is 69.1 Å². The normalized spacial score (nSPS) is 29.6. The second-order valence-electron chi connectivity index (χ2n) is 5.53. The smallest absolute Gasteiger partial charge is 0.0830 e. The number of hydrogen-bond acceptors (Lipinski definition) is 3. The highest BCUT2D eigenvalue weighted by molar-refractivity contribution is 4.96. The highest BCUT2D eigenvalue weighted by atomic mass is 16.5. The van der Waals surface area contributed by atoms with E-state index in [0.29, 0.717) is 12.1 Å². The number of hydrogen-bond donors (Lipinski definition) is 1. The van der Waals surface area contributed by atoms with E-state index < -0.39 is 0 Å². The summed E-state index contributed by atoms with van der Waals surface area (Å²) in [5.74, 6) is 0. The summed E-state index contributed by atoms with van der Waals surface area (Å²) in [7, 11) is 3.95. The summed E-state index contributed by atoms with van der Waals surface area (Å²) in [6, 6.07) is 0.485. The Morgan fingerprint density at radius 1 is 1.35 bits per heavy atom. The highest BCUT2D eigenvalue weighted by Gasteiger charge is 2.40. The van der Waals surface area contributed by atoms with Gasteiger partial charge in [0.25, 0.3) is 0 Å². The fourth-order valence-electron chi connectivity index (χ4n) is 3.56. The molecule has 2 atom stereocenters. The second kappa shape index (κ2) is 6.17. The van der Waals surface area contributed by atoms with Gasteiger partial charge in [0.15, 0.2) is 0 Å². The molecule has 0 aromatic rings. The van der Waals surface area contributed by atoms with E-state index in [9.17, 15) is 0 Å². The van der Waals surface area contributed by atoms with Gasteiger partial charge in [-0.3, -0.25) is 0 Å². The molecule has 1 N–H and O–H groups in total. The Balaban J connectivity index is 1.85. The highest BCUT2D eigenvalue weighted by Crippen LogP contribution is 2.37. The predicted molar refractivity (Wildman–Crippen MR) is 69.3 cm³/mol. The second-order valence-corrected chi connectivity index (χ2v) is 5.53. The maximum atomic E-state index is 5.86. The Hall–Kier alpha value is -0.120. The van der Waals surface area contributed by atoms with E-state index in [-0.39, 0.29) is 5.60 Å². The molecule has 0 amide bonds. The first-order valence-corrected chi connectivity index (χ1v) is 7.15. The molecule has 1 aliphatic heterocycles. The van der Waals surface area contributed by atoms with E-state index in [1.165, 1.54) is 51.4 Å². The molecule has 1 aliphatic carbocycles. The third-order valence-corrected chi connectivity index (χ3v) is 4.64. The Morgan fingerprint density at radius 2 is 2.12 bits per heavy atom. The fraction of sp³-hybridized carbons (Fsp3) is 1.00. The molecule has 0 spiro atoms. The van der Waals surface area contributed by atoms with Crippen LogP contribution in [0.2, 0.25) is 0 Å². The van der Waals surface area contributed by atoms with Crippen molar-refractivity contribution in [1.29, 1.82) is 0 Å². The lowest BCUT2D eigenvalue weighted by Crippen LogP contribution is -2.49. The van der Waals surface area contributed by atoms with Gasteiger partial charge in [-0.2, -0.15) is 0 Å². The molecule has 2 fully saturated rings. The molecule has 100 valence electrons. The summed E-state index contributed by atoms with van der Waals surface area (Å²) in [5, 5.41) is 3.48. The molecule has 2 unspecified atom stereocenters. The van der Waals surface area contributed by atoms with Gasteiger partial charge in [0, 0.05) is 19.8 Å². The standard InChI is InChI=1S/C14H27NO2/c1-15-13(8-7-12-6-5-11-17-12)14(16-2)9-3-4-10-14/h12-13,15H,3-11H2,1-2H3. The third-order valence-electron chi connectivity index (χ3n) is 4.64. The van der Waals surface area contributed by atoms with Crippen molar-refractivity contribution in [2.24, 2.45) is 0 Å². The van der Waals surface area contributed by atoms with Gasteiger partial charge in [0.1, 0.15) is 0 Å². The molecule has 1 saturated carbocycles. The number of methoxy groups -OCH3 is 1. The van der Waals surface area contributed by atoms with Gasteiger partial charge >= 0.3 is 0 Å². The lowest BCUT2D eigenvalue weighted by Gasteiger charge is -2.36. The van der Waals surface area contributed by atoms with Crippen LogP contribution in [0, 0.1) is 0 Å². The number of likely N-dealkylation sites (N-methyl/N-ethyl adjacent to an activating group) is 1. The Labute approximate surface area is 105 Å². The zero-order valence-electron chi connectivity index (χ0n) is 11.3. The first kappa shape index (κ1) is 13.3. The van der Waals surface area contributed by atoms with Crippen LogP contribution in [0.3, 0.4) is 0 Å². The lowest BCUT2D eigenvalue weighted by molar-refractivity contribution is -0.0393. The van der Waals surface area contributed by atoms with Crippen molar-refractivity contribution in [2.75, 3.05) is 20.8 Å². The molecule has 3 nitrogen and oxygen atoms in total. The Bertz CT molecular complexity index is 220. The van der Waals surface area contributed by atoms with Crippen molar-refractivity contribution >= 4 is 0 Å². The maximum absolute atomic E-state index is 5.86. The minimum absolute atomic E-state index is 0.0906. The molecule has 0 aromatic heterocycles. The quantitative estimate of drug-likeness (QED) is 0.775. The van der Waals surface area contributed by atoms with Crippen molar-refractivity contribution in [1.82, 2.24) is 5.32 Å². The van der Waals surface area contributed by atoms with Crippen LogP contribution < -0.4 is 5.32 Å². The topological polar surface area (TPSA) is 30.5 Å². The summed E-state index contributed by atoms with van der Waals surface area (Å²) in [6.45, 7) is 0.963. The molecule has 1 saturated heterocycles. The van der Waals surface area contributed by atoms with Crippen LogP contribution >= 0.6 is 0 Å². The maximum Gasteiger partial charge on any atom is 0.0830 e. The van der Waals surface area contributed by atoms with Gasteiger partial charge in [-0.05, 0) is 45.6 Å². The zero-order chi connectivity index (χ0) is 12.1. The molecule has 2 rings (SSSR count). The first-order valence-electron chi connectivity index (χ1n) is 7.15. The predicted octanol–water partition coefficient (Wildman–Crippen LogP) is 2.49. The van der Waals surface area contributed by atoms with Crippen molar-refractivity contribution in [3.63, 3.8) is 0 Å². The van der Waals surface area contributed by atoms with E-state index in [2.05, 4.69) is 12.4 Å². The van der Waals surface area contributed by atoms with Crippen LogP contribution in [0.5, 0.6) is 0 Å². The van der Waals surface area contributed by atoms with Gasteiger partial charge in [0.05, 0.1) is 11.7 Å². The Morgan fingerprint density at radius 3 is 2.65 bits per heavy atom. The van der Waals surface area contributed by atoms with Gasteiger partial charge < -0.3 is 14.8 Å². The average molecular weight is 241 g/mol. The van der Waals surface area contributed by atoms with Crippen LogP contribution in [-0.2, 0) is 9.47 Å². The molecule has 17 heavy (non-hydrogen) atoms. The number of rotatable bonds is 6. The third kappa shape index (κ3) is 3.01. The molecule has 0 bridgehead atoms. The van der Waals surface area contributed by atoms with E-state index in [1.54, 1.807) is 0 Å². The molecule has 1 heterocycles. The largest absolute Gasteiger partial charge is 0.378 e. The summed E-state index contributed by atoms with van der Waals surface area (Å²) >= 11 is 0. The van der Waals surface area contributed by atoms with E-state index in [4.69, 9.17) is 9.47 Å². The fourth-order valence-corrected chi connectivity index (χ4v) is 3.56. The number of nitrogens with one attached hydrogen (secondary N) is 1. The molecular weight excluding hydrogens is 214 g/mol. The van der Waals surface area contributed by atoms with Crippen molar-refractivity contribution < 1.29 is 9.47 Å². The minimum Gasteiger partial charge on any atom is -0.378 e. The van der Waals surface area contributed by atoms with E-state index >= 15 is 0 Å². The minimum atomic E-state index is 0.0906. The van der Waals surface area contributed by atoms with Crippen LogP contribution in [0.4, 0.5) is 0 Å². The van der Waals surface area contributed by atoms with Crippen LogP contribution in [0.25, 0.3) is 0 Å². The van der Waals surface area contributed by atoms with Crippen molar-refractivity contribution in [3.8, 4) is 0 Å². The summed E-state index contributed by atoms with van der Waals surface area (Å²) in [6.07, 6.45) is 10.4. The van der Waals surface area contributed by atoms with Gasteiger partial charge in [-0.25, -0.2) is 0 Å². The molecule has 2 aliphatic rings. The molecular formula is C14H27NO2. The van der Waals surface area contributed by atoms with Crippen molar-refractivity contribution in [3.05, 3.63) is 0 Å². The molecule has 0 aromatic carbocycles. The van der Waals surface area contributed by atoms with Crippen LogP contribution in [0.15, 0.2) is 0 Å². The monoisotopic (exact) mass is 241 g/mol. The summed E-state index contributed by atoms with van der Waals surface area (Å²) in [4.78, 5) is 0. The van der Waals surface area contributed by atoms with Gasteiger partial charge in [0.2, 0.25) is 0 Å². The zero-order valence-corrected chi connectivity index (χ0v) is 11.3. The van der Waals surface area contributed by atoms with E-state index in [0.717, 1.165) is 6.61 Å². The average Bonchev–Trinajstić information content (AvgIpc) is 3.00. The SMILES string of the molecule is CNC(CCC1CCCO1)C1(OC)CCCC1.